The first-order valence-corrected chi connectivity index (χ1v) is 5.27. The van der Waals surface area contributed by atoms with Gasteiger partial charge < -0.3 is 10.1 Å². The number of esters is 1. The van der Waals surface area contributed by atoms with Crippen LogP contribution >= 0.6 is 0 Å². The molecule has 0 aliphatic rings. The molecular weight excluding hydrogens is 228 g/mol. The molecule has 94 valence electrons. The van der Waals surface area contributed by atoms with Crippen molar-refractivity contribution in [1.29, 1.82) is 0 Å². The van der Waals surface area contributed by atoms with Crippen LogP contribution in [0.15, 0.2) is 18.2 Å². The summed E-state index contributed by atoms with van der Waals surface area (Å²) in [5.41, 5.74) is 0.607. The van der Waals surface area contributed by atoms with Gasteiger partial charge in [-0.05, 0) is 31.2 Å². The second-order valence-corrected chi connectivity index (χ2v) is 3.63. The molecule has 0 radical (unpaired) electrons. The summed E-state index contributed by atoms with van der Waals surface area (Å²) in [5.74, 6) is -2.09. The van der Waals surface area contributed by atoms with Crippen molar-refractivity contribution in [2.45, 2.75) is 18.9 Å². The molecule has 1 aromatic rings. The average molecular weight is 243 g/mol. The maximum atomic E-state index is 13.0. The Kier molecular flexibility index (Phi) is 5.03. The molecule has 3 nitrogen and oxygen atoms in total. The average Bonchev–Trinajstić information content (AvgIpc) is 2.33. The van der Waals surface area contributed by atoms with Gasteiger partial charge in [-0.2, -0.15) is 0 Å². The minimum Gasteiger partial charge on any atom is -0.469 e. The summed E-state index contributed by atoms with van der Waals surface area (Å²) < 4.78 is 30.3. The highest BCUT2D eigenvalue weighted by Gasteiger charge is 2.13. The van der Waals surface area contributed by atoms with E-state index in [0.29, 0.717) is 12.0 Å². The third-order valence-corrected chi connectivity index (χ3v) is 2.56. The minimum atomic E-state index is -0.888. The smallest absolute Gasteiger partial charge is 0.305 e. The third kappa shape index (κ3) is 3.78. The van der Waals surface area contributed by atoms with E-state index in [1.807, 2.05) is 0 Å². The molecule has 1 atom stereocenters. The van der Waals surface area contributed by atoms with E-state index in [0.717, 1.165) is 12.1 Å². The highest BCUT2D eigenvalue weighted by molar-refractivity contribution is 5.69. The second-order valence-electron chi connectivity index (χ2n) is 3.63. The number of halogens is 2. The summed E-state index contributed by atoms with van der Waals surface area (Å²) in [6, 6.07) is 3.50. The number of hydrogen-bond donors (Lipinski definition) is 1. The highest BCUT2D eigenvalue weighted by Crippen LogP contribution is 2.20. The van der Waals surface area contributed by atoms with Gasteiger partial charge in [-0.1, -0.05) is 6.07 Å². The van der Waals surface area contributed by atoms with Crippen molar-refractivity contribution in [2.75, 3.05) is 14.2 Å². The lowest BCUT2D eigenvalue weighted by molar-refractivity contribution is -0.140. The Labute approximate surface area is 98.8 Å². The number of hydrogen-bond acceptors (Lipinski definition) is 3. The Bertz CT molecular complexity index is 396. The van der Waals surface area contributed by atoms with Gasteiger partial charge in [0.1, 0.15) is 0 Å². The minimum absolute atomic E-state index is 0.204. The van der Waals surface area contributed by atoms with Gasteiger partial charge in [0.25, 0.3) is 0 Å². The maximum absolute atomic E-state index is 13.0. The zero-order chi connectivity index (χ0) is 12.8. The Morgan fingerprint density at radius 2 is 2.12 bits per heavy atom. The molecule has 1 unspecified atom stereocenters. The first kappa shape index (κ1) is 13.6. The topological polar surface area (TPSA) is 38.3 Å². The molecule has 0 aliphatic heterocycles. The number of carbonyl (C=O) groups is 1. The molecule has 0 amide bonds. The molecule has 1 rings (SSSR count). The zero-order valence-electron chi connectivity index (χ0n) is 9.80. The molecule has 0 aromatic heterocycles. The molecule has 0 spiro atoms. The summed E-state index contributed by atoms with van der Waals surface area (Å²) in [6.07, 6.45) is 0.690. The maximum Gasteiger partial charge on any atom is 0.305 e. The van der Waals surface area contributed by atoms with Crippen LogP contribution in [0.3, 0.4) is 0 Å². The van der Waals surface area contributed by atoms with Gasteiger partial charge in [0.15, 0.2) is 11.6 Å². The second kappa shape index (κ2) is 6.30. The lowest BCUT2D eigenvalue weighted by Crippen LogP contribution is -2.18. The number of benzene rings is 1. The van der Waals surface area contributed by atoms with Crippen LogP contribution in [-0.4, -0.2) is 20.1 Å². The fourth-order valence-corrected chi connectivity index (χ4v) is 1.57. The number of nitrogens with one attached hydrogen (secondary N) is 1. The molecule has 0 fully saturated rings. The van der Waals surface area contributed by atoms with Crippen molar-refractivity contribution in [3.8, 4) is 0 Å². The van der Waals surface area contributed by atoms with Gasteiger partial charge in [-0.25, -0.2) is 8.78 Å². The van der Waals surface area contributed by atoms with Gasteiger partial charge in [0, 0.05) is 12.5 Å². The Hall–Kier alpha value is -1.49. The van der Waals surface area contributed by atoms with Crippen LogP contribution in [0.1, 0.15) is 24.4 Å². The van der Waals surface area contributed by atoms with E-state index in [-0.39, 0.29) is 18.4 Å². The predicted molar refractivity (Wildman–Crippen MR) is 59.4 cm³/mol. The van der Waals surface area contributed by atoms with Gasteiger partial charge in [-0.15, -0.1) is 0 Å². The first-order valence-electron chi connectivity index (χ1n) is 5.27. The van der Waals surface area contributed by atoms with Crippen molar-refractivity contribution in [3.63, 3.8) is 0 Å². The molecule has 0 bridgehead atoms. The van der Waals surface area contributed by atoms with Crippen molar-refractivity contribution in [2.24, 2.45) is 0 Å². The largest absolute Gasteiger partial charge is 0.469 e. The van der Waals surface area contributed by atoms with Gasteiger partial charge in [-0.3, -0.25) is 4.79 Å². The number of methoxy groups -OCH3 is 1. The fourth-order valence-electron chi connectivity index (χ4n) is 1.57. The zero-order valence-corrected chi connectivity index (χ0v) is 9.80. The van der Waals surface area contributed by atoms with Crippen molar-refractivity contribution in [3.05, 3.63) is 35.4 Å². The Balaban J connectivity index is 2.72. The van der Waals surface area contributed by atoms with Crippen molar-refractivity contribution in [1.82, 2.24) is 5.32 Å². The van der Waals surface area contributed by atoms with Crippen LogP contribution in [-0.2, 0) is 9.53 Å². The van der Waals surface area contributed by atoms with Crippen LogP contribution in [0.5, 0.6) is 0 Å². The Morgan fingerprint density at radius 3 is 2.65 bits per heavy atom. The number of rotatable bonds is 5. The van der Waals surface area contributed by atoms with E-state index in [2.05, 4.69) is 10.1 Å². The van der Waals surface area contributed by atoms with Crippen LogP contribution < -0.4 is 5.32 Å². The molecule has 0 aliphatic carbocycles. The van der Waals surface area contributed by atoms with Crippen LogP contribution in [0, 0.1) is 11.6 Å². The van der Waals surface area contributed by atoms with Crippen molar-refractivity contribution >= 4 is 5.97 Å². The number of ether oxygens (including phenoxy) is 1. The highest BCUT2D eigenvalue weighted by atomic mass is 19.2. The van der Waals surface area contributed by atoms with Crippen molar-refractivity contribution < 1.29 is 18.3 Å². The van der Waals surface area contributed by atoms with Gasteiger partial charge >= 0.3 is 5.97 Å². The molecule has 0 heterocycles. The number of carbonyl (C=O) groups excluding carboxylic acids is 1. The van der Waals surface area contributed by atoms with E-state index in [1.54, 1.807) is 7.05 Å². The summed E-state index contributed by atoms with van der Waals surface area (Å²) in [5, 5.41) is 2.95. The van der Waals surface area contributed by atoms with E-state index in [4.69, 9.17) is 0 Å². The molecular formula is C12H15F2NO2. The van der Waals surface area contributed by atoms with Crippen LogP contribution in [0.25, 0.3) is 0 Å². The standard InChI is InChI=1S/C12H15F2NO2/c1-15-11(5-6-12(16)17-2)8-3-4-9(13)10(14)7-8/h3-4,7,11,15H,5-6H2,1-2H3. The fraction of sp³-hybridized carbons (Fsp3) is 0.417. The van der Waals surface area contributed by atoms with Crippen LogP contribution in [0.4, 0.5) is 8.78 Å². The van der Waals surface area contributed by atoms with Crippen LogP contribution in [0.2, 0.25) is 0 Å². The third-order valence-electron chi connectivity index (χ3n) is 2.56. The summed E-state index contributed by atoms with van der Waals surface area (Å²) in [6.45, 7) is 0. The molecule has 0 saturated carbocycles. The quantitative estimate of drug-likeness (QED) is 0.805. The lowest BCUT2D eigenvalue weighted by atomic mass is 10.0. The first-order chi connectivity index (χ1) is 8.08. The molecule has 17 heavy (non-hydrogen) atoms. The lowest BCUT2D eigenvalue weighted by Gasteiger charge is -2.16. The normalized spacial score (nSPS) is 12.2. The Morgan fingerprint density at radius 1 is 1.41 bits per heavy atom. The van der Waals surface area contributed by atoms with Gasteiger partial charge in [0.05, 0.1) is 7.11 Å². The van der Waals surface area contributed by atoms with E-state index < -0.39 is 11.6 Å². The van der Waals surface area contributed by atoms with E-state index >= 15 is 0 Å². The SMILES string of the molecule is CNC(CCC(=O)OC)c1ccc(F)c(F)c1. The molecule has 1 aromatic carbocycles. The van der Waals surface area contributed by atoms with E-state index in [9.17, 15) is 13.6 Å². The summed E-state index contributed by atoms with van der Waals surface area (Å²) in [4.78, 5) is 11.0. The molecule has 0 saturated heterocycles. The van der Waals surface area contributed by atoms with E-state index in [1.165, 1.54) is 13.2 Å². The molecule has 1 N–H and O–H groups in total. The predicted octanol–water partition coefficient (Wildman–Crippen LogP) is 2.18. The molecule has 5 heteroatoms. The summed E-state index contributed by atoms with van der Waals surface area (Å²) >= 11 is 0. The summed E-state index contributed by atoms with van der Waals surface area (Å²) in [7, 11) is 3.01. The monoisotopic (exact) mass is 243 g/mol. The van der Waals surface area contributed by atoms with Gasteiger partial charge in [0.2, 0.25) is 0 Å².